The topological polar surface area (TPSA) is 81.2 Å². The number of anilines is 1. The van der Waals surface area contributed by atoms with E-state index in [1.807, 2.05) is 24.3 Å². The molecule has 1 aromatic heterocycles. The second-order valence-electron chi connectivity index (χ2n) is 4.74. The number of nitrogens with one attached hydrogen (secondary N) is 2. The fraction of sp³-hybridized carbons (Fsp3) is 0.286. The van der Waals surface area contributed by atoms with Crippen LogP contribution in [0, 0.1) is 0 Å². The van der Waals surface area contributed by atoms with E-state index in [0.29, 0.717) is 5.82 Å². The maximum absolute atomic E-state index is 11.3. The molecule has 6 nitrogen and oxygen atoms in total. The standard InChI is InChI=1S/C14H16N4O2/c19-12-9-13(20)17-14(16-12)10-1-3-11(4-2-10)18-7-5-15-6-8-18/h1-4,9,15H,5-8H2,(H2,16,17,19,20). The van der Waals surface area contributed by atoms with E-state index in [9.17, 15) is 9.90 Å². The third-order valence-corrected chi connectivity index (χ3v) is 3.35. The average Bonchev–Trinajstić information content (AvgIpc) is 2.47. The molecule has 0 bridgehead atoms. The predicted octanol–water partition coefficient (Wildman–Crippen LogP) is 0.552. The lowest BCUT2D eigenvalue weighted by atomic mass is 10.1. The molecule has 1 aromatic carbocycles. The number of hydrogen-bond acceptors (Lipinski definition) is 5. The van der Waals surface area contributed by atoms with E-state index >= 15 is 0 Å². The lowest BCUT2D eigenvalue weighted by Crippen LogP contribution is -2.43. The quantitative estimate of drug-likeness (QED) is 0.744. The number of aromatic nitrogens is 2. The number of aromatic amines is 1. The van der Waals surface area contributed by atoms with Gasteiger partial charge in [-0.15, -0.1) is 0 Å². The van der Waals surface area contributed by atoms with Gasteiger partial charge in [0.2, 0.25) is 5.88 Å². The molecule has 3 N–H and O–H groups in total. The van der Waals surface area contributed by atoms with Crippen molar-refractivity contribution in [2.45, 2.75) is 0 Å². The molecule has 0 aliphatic carbocycles. The van der Waals surface area contributed by atoms with Crippen LogP contribution in [0.1, 0.15) is 0 Å². The molecule has 104 valence electrons. The van der Waals surface area contributed by atoms with Crippen molar-refractivity contribution in [2.75, 3.05) is 31.1 Å². The monoisotopic (exact) mass is 272 g/mol. The molecule has 1 aliphatic heterocycles. The van der Waals surface area contributed by atoms with Crippen LogP contribution in [0.3, 0.4) is 0 Å². The van der Waals surface area contributed by atoms with Crippen molar-refractivity contribution in [2.24, 2.45) is 0 Å². The molecular weight excluding hydrogens is 256 g/mol. The Balaban J connectivity index is 1.86. The van der Waals surface area contributed by atoms with Gasteiger partial charge in [-0.05, 0) is 24.3 Å². The Kier molecular flexibility index (Phi) is 3.39. The van der Waals surface area contributed by atoms with Crippen molar-refractivity contribution >= 4 is 5.69 Å². The number of aromatic hydroxyl groups is 1. The lowest BCUT2D eigenvalue weighted by molar-refractivity contribution is 0.452. The molecule has 0 atom stereocenters. The molecule has 0 amide bonds. The summed E-state index contributed by atoms with van der Waals surface area (Å²) < 4.78 is 0. The summed E-state index contributed by atoms with van der Waals surface area (Å²) in [7, 11) is 0. The van der Waals surface area contributed by atoms with Crippen molar-refractivity contribution in [3.63, 3.8) is 0 Å². The molecule has 2 aromatic rings. The molecule has 1 fully saturated rings. The molecular formula is C14H16N4O2. The first kappa shape index (κ1) is 12.7. The van der Waals surface area contributed by atoms with Gasteiger partial charge in [0, 0.05) is 37.4 Å². The van der Waals surface area contributed by atoms with Crippen molar-refractivity contribution in [3.05, 3.63) is 40.7 Å². The lowest BCUT2D eigenvalue weighted by Gasteiger charge is -2.29. The summed E-state index contributed by atoms with van der Waals surface area (Å²) in [6, 6.07) is 8.86. The summed E-state index contributed by atoms with van der Waals surface area (Å²) in [6.07, 6.45) is 0. The molecule has 3 rings (SSSR count). The summed E-state index contributed by atoms with van der Waals surface area (Å²) in [6.45, 7) is 3.95. The van der Waals surface area contributed by atoms with E-state index in [-0.39, 0.29) is 11.4 Å². The molecule has 2 heterocycles. The van der Waals surface area contributed by atoms with Gasteiger partial charge in [0.05, 0.1) is 6.07 Å². The highest BCUT2D eigenvalue weighted by atomic mass is 16.3. The van der Waals surface area contributed by atoms with Crippen LogP contribution < -0.4 is 15.8 Å². The number of benzene rings is 1. The fourth-order valence-corrected chi connectivity index (χ4v) is 2.33. The van der Waals surface area contributed by atoms with E-state index in [1.165, 1.54) is 0 Å². The maximum Gasteiger partial charge on any atom is 0.254 e. The Hall–Kier alpha value is -2.34. The van der Waals surface area contributed by atoms with Gasteiger partial charge in [-0.2, -0.15) is 4.98 Å². The predicted molar refractivity (Wildman–Crippen MR) is 77.0 cm³/mol. The van der Waals surface area contributed by atoms with Crippen LogP contribution in [-0.4, -0.2) is 41.3 Å². The van der Waals surface area contributed by atoms with Gasteiger partial charge in [-0.25, -0.2) is 0 Å². The van der Waals surface area contributed by atoms with E-state index < -0.39 is 0 Å². The Morgan fingerprint density at radius 1 is 1.15 bits per heavy atom. The minimum Gasteiger partial charge on any atom is -0.493 e. The molecule has 0 radical (unpaired) electrons. The molecule has 0 saturated carbocycles. The smallest absolute Gasteiger partial charge is 0.254 e. The Labute approximate surface area is 116 Å². The van der Waals surface area contributed by atoms with Crippen LogP contribution in [0.25, 0.3) is 11.4 Å². The van der Waals surface area contributed by atoms with Crippen molar-refractivity contribution < 1.29 is 5.11 Å². The van der Waals surface area contributed by atoms with E-state index in [1.54, 1.807) is 0 Å². The zero-order chi connectivity index (χ0) is 13.9. The second-order valence-corrected chi connectivity index (χ2v) is 4.74. The zero-order valence-corrected chi connectivity index (χ0v) is 11.0. The third-order valence-electron chi connectivity index (χ3n) is 3.35. The van der Waals surface area contributed by atoms with Gasteiger partial charge in [-0.1, -0.05) is 0 Å². The Morgan fingerprint density at radius 2 is 1.85 bits per heavy atom. The van der Waals surface area contributed by atoms with Gasteiger partial charge in [0.25, 0.3) is 5.56 Å². The first-order chi connectivity index (χ1) is 9.72. The van der Waals surface area contributed by atoms with Gasteiger partial charge in [-0.3, -0.25) is 4.79 Å². The largest absolute Gasteiger partial charge is 0.493 e. The minimum atomic E-state index is -0.362. The summed E-state index contributed by atoms with van der Waals surface area (Å²) in [4.78, 5) is 20.2. The van der Waals surface area contributed by atoms with Gasteiger partial charge in [0.15, 0.2) is 0 Å². The van der Waals surface area contributed by atoms with Crippen LogP contribution in [0.4, 0.5) is 5.69 Å². The van der Waals surface area contributed by atoms with Crippen molar-refractivity contribution in [3.8, 4) is 17.3 Å². The number of hydrogen-bond donors (Lipinski definition) is 3. The van der Waals surface area contributed by atoms with Gasteiger partial charge in [0.1, 0.15) is 5.82 Å². The van der Waals surface area contributed by atoms with Crippen LogP contribution in [0.2, 0.25) is 0 Å². The first-order valence-corrected chi connectivity index (χ1v) is 6.59. The van der Waals surface area contributed by atoms with Gasteiger partial charge >= 0.3 is 0 Å². The zero-order valence-electron chi connectivity index (χ0n) is 11.0. The summed E-state index contributed by atoms with van der Waals surface area (Å²) >= 11 is 0. The van der Waals surface area contributed by atoms with E-state index in [4.69, 9.17) is 0 Å². The van der Waals surface area contributed by atoms with E-state index in [0.717, 1.165) is 43.5 Å². The fourth-order valence-electron chi connectivity index (χ4n) is 2.33. The summed E-state index contributed by atoms with van der Waals surface area (Å²) in [5.74, 6) is 0.108. The molecule has 0 spiro atoms. The normalized spacial score (nSPS) is 15.3. The summed E-state index contributed by atoms with van der Waals surface area (Å²) in [5.41, 5.74) is 1.56. The molecule has 1 aliphatic rings. The molecule has 1 saturated heterocycles. The van der Waals surface area contributed by atoms with Crippen LogP contribution in [0.15, 0.2) is 35.1 Å². The Bertz CT molecular complexity index is 645. The molecule has 6 heteroatoms. The van der Waals surface area contributed by atoms with Crippen LogP contribution in [-0.2, 0) is 0 Å². The number of piperazine rings is 1. The van der Waals surface area contributed by atoms with Crippen molar-refractivity contribution in [1.82, 2.24) is 15.3 Å². The molecule has 20 heavy (non-hydrogen) atoms. The number of nitrogens with zero attached hydrogens (tertiary/aromatic N) is 2. The van der Waals surface area contributed by atoms with Crippen LogP contribution in [0.5, 0.6) is 5.88 Å². The van der Waals surface area contributed by atoms with Crippen LogP contribution >= 0.6 is 0 Å². The minimum absolute atomic E-state index is 0.269. The highest BCUT2D eigenvalue weighted by Gasteiger charge is 2.10. The maximum atomic E-state index is 11.3. The van der Waals surface area contributed by atoms with Crippen molar-refractivity contribution in [1.29, 1.82) is 0 Å². The average molecular weight is 272 g/mol. The first-order valence-electron chi connectivity index (χ1n) is 6.59. The third kappa shape index (κ3) is 2.65. The van der Waals surface area contributed by atoms with E-state index in [2.05, 4.69) is 20.2 Å². The second kappa shape index (κ2) is 5.34. The number of rotatable bonds is 2. The highest BCUT2D eigenvalue weighted by molar-refractivity contribution is 5.60. The Morgan fingerprint density at radius 3 is 2.50 bits per heavy atom. The number of H-pyrrole nitrogens is 1. The van der Waals surface area contributed by atoms with Gasteiger partial charge < -0.3 is 20.3 Å². The molecule has 0 unspecified atom stereocenters. The SMILES string of the molecule is O=c1cc(O)nc(-c2ccc(N3CCNCC3)cc2)[nH]1. The highest BCUT2D eigenvalue weighted by Crippen LogP contribution is 2.21. The summed E-state index contributed by atoms with van der Waals surface area (Å²) in [5, 5.41) is 12.7.